The van der Waals surface area contributed by atoms with Crippen LogP contribution < -0.4 is 5.32 Å². The lowest BCUT2D eigenvalue weighted by molar-refractivity contribution is 0.628. The number of aliphatic imine (C=N–C) groups is 2. The van der Waals surface area contributed by atoms with Crippen LogP contribution in [0.4, 0.5) is 10.2 Å². The van der Waals surface area contributed by atoms with Gasteiger partial charge in [0.15, 0.2) is 5.82 Å². The highest BCUT2D eigenvalue weighted by Crippen LogP contribution is 2.33. The van der Waals surface area contributed by atoms with Crippen molar-refractivity contribution in [2.45, 2.75) is 24.9 Å². The highest BCUT2D eigenvalue weighted by atomic mass is 32.1. The van der Waals surface area contributed by atoms with Gasteiger partial charge in [0.1, 0.15) is 17.7 Å². The third-order valence-corrected chi connectivity index (χ3v) is 5.57. The van der Waals surface area contributed by atoms with Crippen LogP contribution in [0.2, 0.25) is 0 Å². The molecule has 0 radical (unpaired) electrons. The highest BCUT2D eigenvalue weighted by Gasteiger charge is 2.30. The number of pyridine rings is 1. The van der Waals surface area contributed by atoms with E-state index in [-0.39, 0.29) is 11.9 Å². The Morgan fingerprint density at radius 2 is 1.89 bits per heavy atom. The fourth-order valence-corrected chi connectivity index (χ4v) is 3.90. The molecule has 1 saturated carbocycles. The Bertz CT molecular complexity index is 1020. The Morgan fingerprint density at radius 1 is 1.04 bits per heavy atom. The summed E-state index contributed by atoms with van der Waals surface area (Å²) in [6.45, 7) is 0. The molecular weight excluding hydrogens is 359 g/mol. The number of thiophene rings is 1. The topological polar surface area (TPSA) is 49.6 Å². The first kappa shape index (κ1) is 16.3. The predicted octanol–water partition coefficient (Wildman–Crippen LogP) is 4.66. The molecule has 1 aliphatic heterocycles. The van der Waals surface area contributed by atoms with E-state index in [4.69, 9.17) is 9.98 Å². The minimum atomic E-state index is -0.262. The van der Waals surface area contributed by atoms with Crippen molar-refractivity contribution in [2.75, 3.05) is 0 Å². The van der Waals surface area contributed by atoms with Crippen LogP contribution in [-0.4, -0.2) is 22.6 Å². The molecule has 1 aromatic carbocycles. The van der Waals surface area contributed by atoms with Gasteiger partial charge in [-0.2, -0.15) is 0 Å². The fourth-order valence-electron chi connectivity index (χ4n) is 3.14. The molecule has 0 spiro atoms. The molecule has 3 aromatic rings. The average Bonchev–Trinajstić information content (AvgIpc) is 3.38. The molecule has 1 N–H and O–H groups in total. The summed E-state index contributed by atoms with van der Waals surface area (Å²) in [5.74, 6) is 1.21. The minimum absolute atomic E-state index is 0.222. The van der Waals surface area contributed by atoms with Crippen molar-refractivity contribution in [3.63, 3.8) is 0 Å². The van der Waals surface area contributed by atoms with Gasteiger partial charge in [-0.1, -0.05) is 6.07 Å². The Kier molecular flexibility index (Phi) is 4.05. The number of nitrogens with zero attached hydrogens (tertiary/aromatic N) is 3. The van der Waals surface area contributed by atoms with Gasteiger partial charge >= 0.3 is 0 Å². The molecule has 4 nitrogen and oxygen atoms in total. The molecule has 0 amide bonds. The third kappa shape index (κ3) is 3.28. The number of nitrogens with one attached hydrogen (secondary N) is 1. The Labute approximate surface area is 160 Å². The quantitative estimate of drug-likeness (QED) is 0.723. The van der Waals surface area contributed by atoms with Gasteiger partial charge in [-0.25, -0.2) is 14.4 Å². The van der Waals surface area contributed by atoms with Gasteiger partial charge in [0, 0.05) is 28.2 Å². The van der Waals surface area contributed by atoms with Crippen LogP contribution in [0.5, 0.6) is 0 Å². The summed E-state index contributed by atoms with van der Waals surface area (Å²) in [5.41, 5.74) is 2.50. The summed E-state index contributed by atoms with van der Waals surface area (Å²) in [6, 6.07) is 14.6. The van der Waals surface area contributed by atoms with Crippen molar-refractivity contribution >= 4 is 28.7 Å². The zero-order chi connectivity index (χ0) is 18.2. The summed E-state index contributed by atoms with van der Waals surface area (Å²) < 4.78 is 13.5. The van der Waals surface area contributed by atoms with E-state index < -0.39 is 0 Å². The van der Waals surface area contributed by atoms with Crippen LogP contribution in [0.3, 0.4) is 0 Å². The number of hydrogen-bond acceptors (Lipinski definition) is 5. The average molecular weight is 376 g/mol. The second kappa shape index (κ2) is 6.70. The lowest BCUT2D eigenvalue weighted by atomic mass is 10.0. The Hall–Kier alpha value is -2.86. The molecule has 0 bridgehead atoms. The standard InChI is InChI=1S/C21H17FN4S/c22-14-7-5-13(6-8-14)18-16-3-1-11-23-20(16)26-21(24-15-9-10-15)19(25-18)17-4-2-12-27-17/h1-8,11-12,15,19H,9-10H2,(H,23,24,26). The molecule has 1 atom stereocenters. The van der Waals surface area contributed by atoms with Crippen molar-refractivity contribution in [3.8, 4) is 0 Å². The molecule has 3 heterocycles. The molecule has 1 fully saturated rings. The summed E-state index contributed by atoms with van der Waals surface area (Å²) in [6.07, 6.45) is 4.05. The van der Waals surface area contributed by atoms with Crippen LogP contribution in [0.15, 0.2) is 70.1 Å². The smallest absolute Gasteiger partial charge is 0.163 e. The normalized spacial score (nSPS) is 18.9. The number of fused-ring (bicyclic) bond motifs is 1. The number of halogens is 1. The van der Waals surface area contributed by atoms with Crippen LogP contribution in [0.25, 0.3) is 0 Å². The number of hydrogen-bond donors (Lipinski definition) is 1. The first-order valence-corrected chi connectivity index (χ1v) is 9.83. The van der Waals surface area contributed by atoms with Crippen LogP contribution >= 0.6 is 11.3 Å². The molecule has 2 aromatic heterocycles. The maximum atomic E-state index is 13.5. The minimum Gasteiger partial charge on any atom is -0.369 e. The Morgan fingerprint density at radius 3 is 2.63 bits per heavy atom. The molecule has 0 saturated heterocycles. The zero-order valence-corrected chi connectivity index (χ0v) is 15.3. The number of benzene rings is 1. The second-order valence-corrected chi connectivity index (χ2v) is 7.67. The van der Waals surface area contributed by atoms with E-state index in [0.29, 0.717) is 11.9 Å². The lowest BCUT2D eigenvalue weighted by Crippen LogP contribution is -2.30. The molecule has 1 unspecified atom stereocenters. The van der Waals surface area contributed by atoms with E-state index in [2.05, 4.69) is 16.4 Å². The van der Waals surface area contributed by atoms with E-state index >= 15 is 0 Å². The van der Waals surface area contributed by atoms with Crippen LogP contribution in [-0.2, 0) is 0 Å². The zero-order valence-electron chi connectivity index (χ0n) is 14.5. The monoisotopic (exact) mass is 376 g/mol. The SMILES string of the molecule is Fc1ccc(C2=NC(c3cccs3)C(NC3CC3)=Nc3ncccc32)cc1. The largest absolute Gasteiger partial charge is 0.369 e. The van der Waals surface area contributed by atoms with Crippen LogP contribution in [0.1, 0.15) is 34.9 Å². The van der Waals surface area contributed by atoms with Gasteiger partial charge in [-0.15, -0.1) is 11.3 Å². The molecule has 6 heteroatoms. The van der Waals surface area contributed by atoms with Gasteiger partial charge in [0.2, 0.25) is 0 Å². The number of aromatic nitrogens is 1. The van der Waals surface area contributed by atoms with Crippen molar-refractivity contribution in [1.29, 1.82) is 0 Å². The third-order valence-electron chi connectivity index (χ3n) is 4.65. The summed E-state index contributed by atoms with van der Waals surface area (Å²) in [4.78, 5) is 15.6. The first-order chi connectivity index (χ1) is 13.3. The molecule has 134 valence electrons. The van der Waals surface area contributed by atoms with E-state index in [1.165, 1.54) is 12.1 Å². The van der Waals surface area contributed by atoms with E-state index in [1.54, 1.807) is 29.7 Å². The van der Waals surface area contributed by atoms with Crippen molar-refractivity contribution in [1.82, 2.24) is 10.3 Å². The van der Waals surface area contributed by atoms with E-state index in [0.717, 1.165) is 40.4 Å². The molecule has 2 aliphatic rings. The molecular formula is C21H17FN4S. The van der Waals surface area contributed by atoms with Crippen molar-refractivity contribution in [3.05, 3.63) is 81.9 Å². The van der Waals surface area contributed by atoms with Gasteiger partial charge in [0.05, 0.1) is 5.71 Å². The van der Waals surface area contributed by atoms with Crippen molar-refractivity contribution in [2.24, 2.45) is 9.98 Å². The number of amidine groups is 1. The summed E-state index contributed by atoms with van der Waals surface area (Å²) in [5, 5.41) is 5.59. The van der Waals surface area contributed by atoms with Crippen molar-refractivity contribution < 1.29 is 4.39 Å². The van der Waals surface area contributed by atoms with Crippen LogP contribution in [0, 0.1) is 5.82 Å². The van der Waals surface area contributed by atoms with E-state index in [9.17, 15) is 4.39 Å². The van der Waals surface area contributed by atoms with E-state index in [1.807, 2.05) is 23.6 Å². The van der Waals surface area contributed by atoms with Gasteiger partial charge in [-0.05, 0) is 60.7 Å². The maximum Gasteiger partial charge on any atom is 0.163 e. The van der Waals surface area contributed by atoms with Gasteiger partial charge in [0.25, 0.3) is 0 Å². The van der Waals surface area contributed by atoms with Gasteiger partial charge in [-0.3, -0.25) is 4.99 Å². The molecule has 5 rings (SSSR count). The summed E-state index contributed by atoms with van der Waals surface area (Å²) >= 11 is 1.66. The van der Waals surface area contributed by atoms with Gasteiger partial charge < -0.3 is 5.32 Å². The highest BCUT2D eigenvalue weighted by molar-refractivity contribution is 7.10. The second-order valence-electron chi connectivity index (χ2n) is 6.69. The summed E-state index contributed by atoms with van der Waals surface area (Å²) in [7, 11) is 0. The maximum absolute atomic E-state index is 13.5. The fraction of sp³-hybridized carbons (Fsp3) is 0.190. The first-order valence-electron chi connectivity index (χ1n) is 8.95. The lowest BCUT2D eigenvalue weighted by Gasteiger charge is -2.15. The molecule has 27 heavy (non-hydrogen) atoms. The number of rotatable bonds is 3. The molecule has 1 aliphatic carbocycles. The Balaban J connectivity index is 1.70. The predicted molar refractivity (Wildman–Crippen MR) is 107 cm³/mol.